The summed E-state index contributed by atoms with van der Waals surface area (Å²) >= 11 is 7.74. The molecule has 0 heterocycles. The zero-order valence-electron chi connectivity index (χ0n) is 11.6. The van der Waals surface area contributed by atoms with Crippen molar-refractivity contribution in [2.45, 2.75) is 50.0 Å². The van der Waals surface area contributed by atoms with E-state index >= 15 is 0 Å². The quantitative estimate of drug-likeness (QED) is 0.776. The van der Waals surface area contributed by atoms with Crippen molar-refractivity contribution >= 4 is 23.4 Å². The standard InChI is InChI=1S/C16H24ClNS/c1-2-12-3-5-13(6-4-12)16(18)11-19-15-9-7-14(17)8-10-15/h7-10,12-13,16H,2-6,11,18H2,1H3. The number of thioether (sulfide) groups is 1. The van der Waals surface area contributed by atoms with Crippen molar-refractivity contribution in [1.29, 1.82) is 0 Å². The molecular weight excluding hydrogens is 274 g/mol. The maximum atomic E-state index is 6.37. The first-order valence-electron chi connectivity index (χ1n) is 7.33. The predicted molar refractivity (Wildman–Crippen MR) is 85.9 cm³/mol. The van der Waals surface area contributed by atoms with Gasteiger partial charge in [-0.15, -0.1) is 11.8 Å². The molecule has 1 aliphatic carbocycles. The molecule has 19 heavy (non-hydrogen) atoms. The lowest BCUT2D eigenvalue weighted by Gasteiger charge is -2.31. The van der Waals surface area contributed by atoms with Gasteiger partial charge in [0.2, 0.25) is 0 Å². The molecule has 0 radical (unpaired) electrons. The fourth-order valence-electron chi connectivity index (χ4n) is 2.88. The molecule has 106 valence electrons. The second-order valence-corrected chi connectivity index (χ2v) is 7.15. The van der Waals surface area contributed by atoms with Crippen LogP contribution in [0, 0.1) is 11.8 Å². The molecule has 0 bridgehead atoms. The molecule has 2 N–H and O–H groups in total. The summed E-state index contributed by atoms with van der Waals surface area (Å²) in [6, 6.07) is 8.38. The molecule has 0 saturated heterocycles. The third-order valence-corrected chi connectivity index (χ3v) is 5.74. The highest BCUT2D eigenvalue weighted by atomic mass is 35.5. The first-order chi connectivity index (χ1) is 9.19. The van der Waals surface area contributed by atoms with E-state index in [0.717, 1.165) is 22.6 Å². The highest BCUT2D eigenvalue weighted by molar-refractivity contribution is 7.99. The zero-order valence-corrected chi connectivity index (χ0v) is 13.2. The van der Waals surface area contributed by atoms with Crippen LogP contribution in [0.25, 0.3) is 0 Å². The summed E-state index contributed by atoms with van der Waals surface area (Å²) in [7, 11) is 0. The number of hydrogen-bond acceptors (Lipinski definition) is 2. The van der Waals surface area contributed by atoms with Gasteiger partial charge in [-0.2, -0.15) is 0 Å². The van der Waals surface area contributed by atoms with Crippen molar-refractivity contribution in [3.8, 4) is 0 Å². The summed E-state index contributed by atoms with van der Waals surface area (Å²) in [4.78, 5) is 1.27. The Morgan fingerprint density at radius 3 is 2.42 bits per heavy atom. The molecule has 0 aliphatic heterocycles. The van der Waals surface area contributed by atoms with Crippen LogP contribution in [0.3, 0.4) is 0 Å². The lowest BCUT2D eigenvalue weighted by atomic mass is 9.78. The molecule has 1 nitrogen and oxygen atoms in total. The number of halogens is 1. The molecule has 0 aromatic heterocycles. The van der Waals surface area contributed by atoms with Gasteiger partial charge < -0.3 is 5.73 Å². The van der Waals surface area contributed by atoms with E-state index in [-0.39, 0.29) is 0 Å². The number of benzene rings is 1. The normalized spacial score (nSPS) is 25.2. The average molecular weight is 298 g/mol. The summed E-state index contributed by atoms with van der Waals surface area (Å²) in [5.74, 6) is 2.69. The number of hydrogen-bond donors (Lipinski definition) is 1. The van der Waals surface area contributed by atoms with Gasteiger partial charge in [0, 0.05) is 21.7 Å². The van der Waals surface area contributed by atoms with E-state index in [1.54, 1.807) is 0 Å². The Morgan fingerprint density at radius 2 is 1.84 bits per heavy atom. The van der Waals surface area contributed by atoms with E-state index in [0.29, 0.717) is 6.04 Å². The molecule has 1 unspecified atom stereocenters. The zero-order chi connectivity index (χ0) is 13.7. The Hall–Kier alpha value is -0.180. The van der Waals surface area contributed by atoms with Gasteiger partial charge >= 0.3 is 0 Å². The Morgan fingerprint density at radius 1 is 1.21 bits per heavy atom. The van der Waals surface area contributed by atoms with Crippen LogP contribution in [-0.4, -0.2) is 11.8 Å². The molecular formula is C16H24ClNS. The van der Waals surface area contributed by atoms with Gasteiger partial charge in [0.1, 0.15) is 0 Å². The minimum Gasteiger partial charge on any atom is -0.327 e. The van der Waals surface area contributed by atoms with Crippen LogP contribution in [0.4, 0.5) is 0 Å². The molecule has 1 atom stereocenters. The van der Waals surface area contributed by atoms with Gasteiger partial charge in [0.25, 0.3) is 0 Å². The summed E-state index contributed by atoms with van der Waals surface area (Å²) in [5, 5.41) is 0.798. The van der Waals surface area contributed by atoms with E-state index in [9.17, 15) is 0 Å². The van der Waals surface area contributed by atoms with E-state index in [1.807, 2.05) is 23.9 Å². The third-order valence-electron chi connectivity index (χ3n) is 4.33. The third kappa shape index (κ3) is 4.70. The summed E-state index contributed by atoms with van der Waals surface area (Å²) < 4.78 is 0. The maximum Gasteiger partial charge on any atom is 0.0406 e. The first-order valence-corrected chi connectivity index (χ1v) is 8.69. The van der Waals surface area contributed by atoms with Crippen molar-refractivity contribution in [3.05, 3.63) is 29.3 Å². The smallest absolute Gasteiger partial charge is 0.0406 e. The molecule has 1 aromatic carbocycles. The Labute approximate surface area is 126 Å². The second kappa shape index (κ2) is 7.56. The molecule has 3 heteroatoms. The van der Waals surface area contributed by atoms with Crippen LogP contribution in [0.2, 0.25) is 5.02 Å². The van der Waals surface area contributed by atoms with Crippen molar-refractivity contribution in [2.75, 3.05) is 5.75 Å². The van der Waals surface area contributed by atoms with Crippen LogP contribution in [0.15, 0.2) is 29.2 Å². The van der Waals surface area contributed by atoms with Crippen molar-refractivity contribution < 1.29 is 0 Å². The summed E-state index contributed by atoms with van der Waals surface area (Å²) in [6.45, 7) is 2.31. The topological polar surface area (TPSA) is 26.0 Å². The monoisotopic (exact) mass is 297 g/mol. The molecule has 0 amide bonds. The predicted octanol–water partition coefficient (Wildman–Crippen LogP) is 4.98. The van der Waals surface area contributed by atoms with Gasteiger partial charge in [-0.05, 0) is 48.9 Å². The minimum atomic E-state index is 0.332. The second-order valence-electron chi connectivity index (χ2n) is 5.62. The molecule has 2 rings (SSSR count). The van der Waals surface area contributed by atoms with Crippen LogP contribution in [0.1, 0.15) is 39.0 Å². The van der Waals surface area contributed by atoms with Crippen LogP contribution < -0.4 is 5.73 Å². The fraction of sp³-hybridized carbons (Fsp3) is 0.625. The maximum absolute atomic E-state index is 6.37. The first kappa shape index (κ1) is 15.2. The van der Waals surface area contributed by atoms with Crippen LogP contribution in [-0.2, 0) is 0 Å². The van der Waals surface area contributed by atoms with E-state index in [2.05, 4.69) is 19.1 Å². The van der Waals surface area contributed by atoms with E-state index < -0.39 is 0 Å². The Balaban J connectivity index is 1.75. The molecule has 1 fully saturated rings. The summed E-state index contributed by atoms with van der Waals surface area (Å²) in [5.41, 5.74) is 6.37. The number of nitrogens with two attached hydrogens (primary N) is 1. The molecule has 1 aliphatic rings. The van der Waals surface area contributed by atoms with Crippen LogP contribution >= 0.6 is 23.4 Å². The van der Waals surface area contributed by atoms with E-state index in [1.165, 1.54) is 37.0 Å². The van der Waals surface area contributed by atoms with Crippen LogP contribution in [0.5, 0.6) is 0 Å². The SMILES string of the molecule is CCC1CCC(C(N)CSc2ccc(Cl)cc2)CC1. The van der Waals surface area contributed by atoms with Gasteiger partial charge in [-0.3, -0.25) is 0 Å². The molecule has 1 aromatic rings. The Kier molecular flexibility index (Phi) is 6.06. The molecule has 0 spiro atoms. The van der Waals surface area contributed by atoms with Crippen molar-refractivity contribution in [3.63, 3.8) is 0 Å². The van der Waals surface area contributed by atoms with Crippen molar-refractivity contribution in [1.82, 2.24) is 0 Å². The lowest BCUT2D eigenvalue weighted by molar-refractivity contribution is 0.247. The largest absolute Gasteiger partial charge is 0.327 e. The Bertz CT molecular complexity index is 371. The highest BCUT2D eigenvalue weighted by Crippen LogP contribution is 2.33. The van der Waals surface area contributed by atoms with E-state index in [4.69, 9.17) is 17.3 Å². The number of rotatable bonds is 5. The average Bonchev–Trinajstić information content (AvgIpc) is 2.46. The van der Waals surface area contributed by atoms with Gasteiger partial charge in [-0.1, -0.05) is 37.8 Å². The lowest BCUT2D eigenvalue weighted by Crippen LogP contribution is -2.35. The minimum absolute atomic E-state index is 0.332. The van der Waals surface area contributed by atoms with Crippen molar-refractivity contribution in [2.24, 2.45) is 17.6 Å². The van der Waals surface area contributed by atoms with Gasteiger partial charge in [0.15, 0.2) is 0 Å². The van der Waals surface area contributed by atoms with Gasteiger partial charge in [-0.25, -0.2) is 0 Å². The fourth-order valence-corrected chi connectivity index (χ4v) is 4.00. The van der Waals surface area contributed by atoms with Gasteiger partial charge in [0.05, 0.1) is 0 Å². The molecule has 1 saturated carbocycles. The highest BCUT2D eigenvalue weighted by Gasteiger charge is 2.24. The summed E-state index contributed by atoms with van der Waals surface area (Å²) in [6.07, 6.45) is 6.73.